The van der Waals surface area contributed by atoms with Gasteiger partial charge in [-0.3, -0.25) is 0 Å². The summed E-state index contributed by atoms with van der Waals surface area (Å²) in [5, 5.41) is 4.26. The lowest BCUT2D eigenvalue weighted by Crippen LogP contribution is -2.46. The van der Waals surface area contributed by atoms with Crippen molar-refractivity contribution in [2.45, 2.75) is 38.9 Å². The van der Waals surface area contributed by atoms with Crippen LogP contribution in [0.15, 0.2) is 18.2 Å². The molecule has 0 atom stereocenters. The van der Waals surface area contributed by atoms with Crippen LogP contribution in [0.25, 0.3) is 0 Å². The summed E-state index contributed by atoms with van der Waals surface area (Å²) in [6.45, 7) is 15.3. The lowest BCUT2D eigenvalue weighted by molar-refractivity contribution is 0.488. The van der Waals surface area contributed by atoms with E-state index in [1.807, 2.05) is 12.1 Å². The molecule has 0 unspecified atom stereocenters. The zero-order valence-electron chi connectivity index (χ0n) is 13.8. The highest BCUT2D eigenvalue weighted by atomic mass is 35.5. The minimum atomic E-state index is -1.90. The van der Waals surface area contributed by atoms with Gasteiger partial charge in [0.1, 0.15) is 5.75 Å². The molecule has 1 heterocycles. The van der Waals surface area contributed by atoms with Crippen molar-refractivity contribution in [3.8, 4) is 5.75 Å². The number of anilines is 1. The predicted octanol–water partition coefficient (Wildman–Crippen LogP) is 4.13. The molecule has 1 aromatic carbocycles. The maximum absolute atomic E-state index is 6.53. The van der Waals surface area contributed by atoms with Crippen molar-refractivity contribution in [2.24, 2.45) is 0 Å². The van der Waals surface area contributed by atoms with Crippen LogP contribution in [0.5, 0.6) is 5.75 Å². The standard InChI is InChI=1S/C16H27ClN2OSi/c1-16(2,3)21(4,5)20-15-13(17)7-6-8-14(15)19-11-9-18-10-12-19/h6-8,18H,9-12H2,1-5H3. The minimum absolute atomic E-state index is 0.160. The van der Waals surface area contributed by atoms with Crippen LogP contribution in [0.3, 0.4) is 0 Å². The molecule has 0 radical (unpaired) electrons. The van der Waals surface area contributed by atoms with Gasteiger partial charge in [-0.2, -0.15) is 0 Å². The number of nitrogens with zero attached hydrogens (tertiary/aromatic N) is 1. The Labute approximate surface area is 134 Å². The maximum atomic E-state index is 6.53. The number of hydrogen-bond donors (Lipinski definition) is 1. The Morgan fingerprint density at radius 3 is 2.38 bits per heavy atom. The van der Waals surface area contributed by atoms with E-state index in [4.69, 9.17) is 16.0 Å². The third-order valence-corrected chi connectivity index (χ3v) is 9.19. The molecule has 0 bridgehead atoms. The molecule has 1 fully saturated rings. The average molecular weight is 327 g/mol. The summed E-state index contributed by atoms with van der Waals surface area (Å²) >= 11 is 6.46. The fraction of sp³-hybridized carbons (Fsp3) is 0.625. The van der Waals surface area contributed by atoms with Crippen molar-refractivity contribution in [2.75, 3.05) is 31.1 Å². The molecule has 0 aromatic heterocycles. The van der Waals surface area contributed by atoms with Crippen LogP contribution >= 0.6 is 11.6 Å². The van der Waals surface area contributed by atoms with Crippen LogP contribution in [-0.2, 0) is 0 Å². The van der Waals surface area contributed by atoms with Gasteiger partial charge in [0.2, 0.25) is 0 Å². The smallest absolute Gasteiger partial charge is 0.250 e. The second-order valence-corrected chi connectivity index (χ2v) is 12.3. The molecular formula is C16H27ClN2OSi. The first-order valence-electron chi connectivity index (χ1n) is 7.65. The molecule has 1 N–H and O–H groups in total. The van der Waals surface area contributed by atoms with E-state index in [-0.39, 0.29) is 5.04 Å². The van der Waals surface area contributed by atoms with Gasteiger partial charge >= 0.3 is 0 Å². The molecule has 21 heavy (non-hydrogen) atoms. The quantitative estimate of drug-likeness (QED) is 0.845. The van der Waals surface area contributed by atoms with Crippen LogP contribution < -0.4 is 14.6 Å². The van der Waals surface area contributed by atoms with Crippen molar-refractivity contribution >= 4 is 25.6 Å². The van der Waals surface area contributed by atoms with Gasteiger partial charge in [0, 0.05) is 26.2 Å². The van der Waals surface area contributed by atoms with Crippen LogP contribution in [0, 0.1) is 0 Å². The second-order valence-electron chi connectivity index (χ2n) is 7.19. The average Bonchev–Trinajstić information content (AvgIpc) is 2.40. The summed E-state index contributed by atoms with van der Waals surface area (Å²) in [5.41, 5.74) is 1.13. The molecule has 0 aliphatic carbocycles. The van der Waals surface area contributed by atoms with Gasteiger partial charge in [0.25, 0.3) is 8.32 Å². The molecule has 5 heteroatoms. The summed E-state index contributed by atoms with van der Waals surface area (Å²) in [5.74, 6) is 0.868. The van der Waals surface area contributed by atoms with E-state index >= 15 is 0 Å². The summed E-state index contributed by atoms with van der Waals surface area (Å²) < 4.78 is 6.53. The van der Waals surface area contributed by atoms with E-state index in [1.165, 1.54) is 0 Å². The lowest BCUT2D eigenvalue weighted by atomic mass is 10.2. The molecule has 2 rings (SSSR count). The molecule has 0 amide bonds. The van der Waals surface area contributed by atoms with Crippen molar-refractivity contribution in [1.29, 1.82) is 0 Å². The van der Waals surface area contributed by atoms with Crippen LogP contribution in [0.2, 0.25) is 23.2 Å². The van der Waals surface area contributed by atoms with Crippen LogP contribution in [0.4, 0.5) is 5.69 Å². The molecule has 0 saturated carbocycles. The van der Waals surface area contributed by atoms with E-state index in [9.17, 15) is 0 Å². The number of para-hydroxylation sites is 1. The first-order valence-corrected chi connectivity index (χ1v) is 10.9. The van der Waals surface area contributed by atoms with Crippen molar-refractivity contribution < 1.29 is 4.43 Å². The van der Waals surface area contributed by atoms with E-state index < -0.39 is 8.32 Å². The zero-order chi connectivity index (χ0) is 15.7. The van der Waals surface area contributed by atoms with Crippen LogP contribution in [0.1, 0.15) is 20.8 Å². The molecule has 1 saturated heterocycles. The monoisotopic (exact) mass is 326 g/mol. The van der Waals surface area contributed by atoms with Gasteiger partial charge in [-0.25, -0.2) is 0 Å². The van der Waals surface area contributed by atoms with E-state index in [0.29, 0.717) is 0 Å². The fourth-order valence-corrected chi connectivity index (χ4v) is 3.47. The van der Waals surface area contributed by atoms with Gasteiger partial charge in [-0.1, -0.05) is 38.4 Å². The third-order valence-electron chi connectivity index (χ3n) is 4.57. The number of nitrogens with one attached hydrogen (secondary N) is 1. The van der Waals surface area contributed by atoms with E-state index in [0.717, 1.165) is 42.6 Å². The highest BCUT2D eigenvalue weighted by molar-refractivity contribution is 6.74. The SMILES string of the molecule is CC(C)(C)[Si](C)(C)Oc1c(Cl)cccc1N1CCNCC1. The van der Waals surface area contributed by atoms with E-state index in [1.54, 1.807) is 0 Å². The van der Waals surface area contributed by atoms with Gasteiger partial charge < -0.3 is 14.6 Å². The molecule has 1 aromatic rings. The maximum Gasteiger partial charge on any atom is 0.250 e. The summed E-state index contributed by atoms with van der Waals surface area (Å²) in [4.78, 5) is 2.37. The molecule has 3 nitrogen and oxygen atoms in total. The first kappa shape index (κ1) is 16.7. The minimum Gasteiger partial charge on any atom is -0.541 e. The molecule has 1 aliphatic rings. The summed E-state index contributed by atoms with van der Waals surface area (Å²) in [6.07, 6.45) is 0. The summed E-state index contributed by atoms with van der Waals surface area (Å²) in [6, 6.07) is 6.06. The van der Waals surface area contributed by atoms with Gasteiger partial charge in [-0.05, 0) is 30.3 Å². The number of halogens is 1. The normalized spacial score (nSPS) is 17.0. The highest BCUT2D eigenvalue weighted by Crippen LogP contribution is 2.43. The largest absolute Gasteiger partial charge is 0.541 e. The first-order chi connectivity index (χ1) is 9.72. The predicted molar refractivity (Wildman–Crippen MR) is 94.4 cm³/mol. The Morgan fingerprint density at radius 2 is 1.81 bits per heavy atom. The Hall–Kier alpha value is -0.713. The topological polar surface area (TPSA) is 24.5 Å². The van der Waals surface area contributed by atoms with Crippen LogP contribution in [-0.4, -0.2) is 34.5 Å². The Kier molecular flexibility index (Phi) is 4.91. The van der Waals surface area contributed by atoms with Crippen molar-refractivity contribution in [3.63, 3.8) is 0 Å². The number of piperazine rings is 1. The second kappa shape index (κ2) is 6.19. The molecular weight excluding hydrogens is 300 g/mol. The van der Waals surface area contributed by atoms with Gasteiger partial charge in [0.15, 0.2) is 0 Å². The molecule has 1 aliphatic heterocycles. The van der Waals surface area contributed by atoms with Crippen molar-refractivity contribution in [1.82, 2.24) is 5.32 Å². The molecule has 0 spiro atoms. The Balaban J connectivity index is 2.34. The highest BCUT2D eigenvalue weighted by Gasteiger charge is 2.40. The Morgan fingerprint density at radius 1 is 1.19 bits per heavy atom. The van der Waals surface area contributed by atoms with Gasteiger partial charge in [0.05, 0.1) is 10.7 Å². The third kappa shape index (κ3) is 3.73. The zero-order valence-corrected chi connectivity index (χ0v) is 15.5. The number of hydrogen-bond acceptors (Lipinski definition) is 3. The van der Waals surface area contributed by atoms with Gasteiger partial charge in [-0.15, -0.1) is 0 Å². The van der Waals surface area contributed by atoms with E-state index in [2.05, 4.69) is 50.1 Å². The summed E-state index contributed by atoms with van der Waals surface area (Å²) in [7, 11) is -1.90. The lowest BCUT2D eigenvalue weighted by Gasteiger charge is -2.39. The number of rotatable bonds is 3. The molecule has 118 valence electrons. The fourth-order valence-electron chi connectivity index (χ4n) is 2.16. The number of benzene rings is 1. The Bertz CT molecular complexity index is 494. The van der Waals surface area contributed by atoms with Crippen molar-refractivity contribution in [3.05, 3.63) is 23.2 Å².